The smallest absolute Gasteiger partial charge is 0.259 e. The lowest BCUT2D eigenvalue weighted by Gasteiger charge is -2.30. The molecule has 3 heterocycles. The Balaban J connectivity index is 1.44. The summed E-state index contributed by atoms with van der Waals surface area (Å²) < 4.78 is 0. The van der Waals surface area contributed by atoms with Gasteiger partial charge in [0.25, 0.3) is 5.91 Å². The number of rotatable bonds is 7. The number of anilines is 2. The first-order valence-electron chi connectivity index (χ1n) is 12.1. The molecule has 0 aliphatic carbocycles. The van der Waals surface area contributed by atoms with Gasteiger partial charge in [-0.3, -0.25) is 19.7 Å². The maximum absolute atomic E-state index is 13.8. The molecule has 0 bridgehead atoms. The van der Waals surface area contributed by atoms with Gasteiger partial charge < -0.3 is 10.6 Å². The first-order chi connectivity index (χ1) is 17.2. The first-order valence-corrected chi connectivity index (χ1v) is 12.1. The van der Waals surface area contributed by atoms with Crippen molar-refractivity contribution < 1.29 is 4.79 Å². The van der Waals surface area contributed by atoms with E-state index in [0.717, 1.165) is 37.0 Å². The number of nitrogens with zero attached hydrogens (tertiary/aromatic N) is 5. The van der Waals surface area contributed by atoms with Crippen LogP contribution < -0.4 is 15.5 Å². The van der Waals surface area contributed by atoms with Gasteiger partial charge in [0, 0.05) is 30.7 Å². The summed E-state index contributed by atoms with van der Waals surface area (Å²) >= 11 is 0. The molecule has 8 heteroatoms. The second-order valence-corrected chi connectivity index (χ2v) is 8.88. The van der Waals surface area contributed by atoms with Gasteiger partial charge >= 0.3 is 0 Å². The third-order valence-electron chi connectivity index (χ3n) is 6.42. The minimum absolute atomic E-state index is 0.0269. The van der Waals surface area contributed by atoms with E-state index in [1.165, 1.54) is 0 Å². The molecule has 5 rings (SSSR count). The highest BCUT2D eigenvalue weighted by Crippen LogP contribution is 2.24. The van der Waals surface area contributed by atoms with Gasteiger partial charge in [0.05, 0.1) is 17.1 Å². The number of carbonyl (C=O) groups excluding carboxylic acids is 1. The zero-order chi connectivity index (χ0) is 24.0. The highest BCUT2D eigenvalue weighted by Gasteiger charge is 2.25. The zero-order valence-corrected chi connectivity index (χ0v) is 19.8. The molecule has 1 aliphatic rings. The lowest BCUT2D eigenvalue weighted by atomic mass is 9.97. The molecule has 8 nitrogen and oxygen atoms in total. The van der Waals surface area contributed by atoms with Gasteiger partial charge in [-0.15, -0.1) is 0 Å². The molecule has 0 unspecified atom stereocenters. The summed E-state index contributed by atoms with van der Waals surface area (Å²) in [6, 6.07) is 17.4. The topological polar surface area (TPSA) is 95.9 Å². The van der Waals surface area contributed by atoms with Gasteiger partial charge in [-0.25, -0.2) is 4.98 Å². The molecule has 2 aromatic heterocycles. The van der Waals surface area contributed by atoms with Crippen molar-refractivity contribution >= 4 is 28.7 Å². The summed E-state index contributed by atoms with van der Waals surface area (Å²) in [4.78, 5) is 33.4. The van der Waals surface area contributed by atoms with Crippen LogP contribution in [0.4, 0.5) is 11.8 Å². The lowest BCUT2D eigenvalue weighted by Crippen LogP contribution is -2.40. The fourth-order valence-electron chi connectivity index (χ4n) is 4.44. The van der Waals surface area contributed by atoms with E-state index >= 15 is 0 Å². The van der Waals surface area contributed by atoms with Crippen molar-refractivity contribution in [2.24, 2.45) is 5.92 Å². The Kier molecular flexibility index (Phi) is 6.90. The van der Waals surface area contributed by atoms with Crippen molar-refractivity contribution in [1.29, 1.82) is 0 Å². The number of amides is 1. The van der Waals surface area contributed by atoms with E-state index in [2.05, 4.69) is 44.6 Å². The lowest BCUT2D eigenvalue weighted by molar-refractivity contribution is 0.0980. The van der Waals surface area contributed by atoms with Crippen LogP contribution in [0.15, 0.2) is 73.2 Å². The Morgan fingerprint density at radius 2 is 1.77 bits per heavy atom. The molecule has 0 spiro atoms. The molecule has 1 amide bonds. The molecule has 1 fully saturated rings. The molecule has 1 aliphatic heterocycles. The van der Waals surface area contributed by atoms with Crippen LogP contribution in [0.3, 0.4) is 0 Å². The number of hydrogen-bond donors (Lipinski definition) is 2. The number of carbonyl (C=O) groups is 1. The second kappa shape index (κ2) is 10.6. The normalized spacial score (nSPS) is 15.0. The van der Waals surface area contributed by atoms with Crippen LogP contribution in [0.5, 0.6) is 0 Å². The van der Waals surface area contributed by atoms with E-state index in [1.807, 2.05) is 30.3 Å². The fourth-order valence-corrected chi connectivity index (χ4v) is 4.44. The molecular formula is C27H29N7O. The third kappa shape index (κ3) is 5.44. The summed E-state index contributed by atoms with van der Waals surface area (Å²) in [6.07, 6.45) is 7.04. The predicted molar refractivity (Wildman–Crippen MR) is 137 cm³/mol. The van der Waals surface area contributed by atoms with Crippen LogP contribution in [-0.2, 0) is 0 Å². The van der Waals surface area contributed by atoms with Crippen molar-refractivity contribution in [3.8, 4) is 0 Å². The van der Waals surface area contributed by atoms with Gasteiger partial charge in [-0.2, -0.15) is 4.98 Å². The van der Waals surface area contributed by atoms with Gasteiger partial charge in [0.15, 0.2) is 0 Å². The quantitative estimate of drug-likeness (QED) is 0.420. The highest BCUT2D eigenvalue weighted by molar-refractivity contribution is 6.07. The average molecular weight is 468 g/mol. The van der Waals surface area contributed by atoms with Gasteiger partial charge in [0.1, 0.15) is 5.82 Å². The van der Waals surface area contributed by atoms with E-state index < -0.39 is 0 Å². The van der Waals surface area contributed by atoms with E-state index in [4.69, 9.17) is 4.98 Å². The molecule has 0 radical (unpaired) electrons. The van der Waals surface area contributed by atoms with Crippen LogP contribution in [-0.4, -0.2) is 45.5 Å². The Labute approximate surface area is 204 Å². The minimum Gasteiger partial charge on any atom is -0.348 e. The van der Waals surface area contributed by atoms with Crippen LogP contribution in [0.1, 0.15) is 41.7 Å². The SMILES string of the molecule is C[C@H](Nc1nccc(N(CC2CCNCC2)C(=O)c2ccc3nccnc3c2)n1)c1ccccc1. The van der Waals surface area contributed by atoms with Crippen LogP contribution in [0, 0.1) is 5.92 Å². The number of hydrogen-bond acceptors (Lipinski definition) is 7. The Morgan fingerprint density at radius 1 is 1.00 bits per heavy atom. The van der Waals surface area contributed by atoms with E-state index in [1.54, 1.807) is 35.6 Å². The number of fused-ring (bicyclic) bond motifs is 1. The zero-order valence-electron chi connectivity index (χ0n) is 19.8. The Morgan fingerprint density at radius 3 is 2.57 bits per heavy atom. The maximum Gasteiger partial charge on any atom is 0.259 e. The molecule has 0 saturated carbocycles. The van der Waals surface area contributed by atoms with E-state index in [0.29, 0.717) is 35.3 Å². The van der Waals surface area contributed by atoms with Gasteiger partial charge in [-0.1, -0.05) is 30.3 Å². The van der Waals surface area contributed by atoms with Crippen molar-refractivity contribution in [3.05, 3.63) is 84.3 Å². The standard InChI is InChI=1S/C27H29N7O/c1-19(21-5-3-2-4-6-21)32-27-31-14-11-25(33-27)34(18-20-9-12-28-13-10-20)26(35)22-7-8-23-24(17-22)30-16-15-29-23/h2-8,11,14-17,19-20,28H,9-10,12-13,18H2,1H3,(H,31,32,33)/t19-/m0/s1. The number of piperidine rings is 1. The fraction of sp³-hybridized carbons (Fsp3) is 0.296. The molecule has 35 heavy (non-hydrogen) atoms. The van der Waals surface area contributed by atoms with Gasteiger partial charge in [0.2, 0.25) is 5.95 Å². The summed E-state index contributed by atoms with van der Waals surface area (Å²) in [5, 5.41) is 6.77. The van der Waals surface area contributed by atoms with Crippen LogP contribution in [0.2, 0.25) is 0 Å². The van der Waals surface area contributed by atoms with Crippen molar-refractivity contribution in [2.75, 3.05) is 29.9 Å². The largest absolute Gasteiger partial charge is 0.348 e. The van der Waals surface area contributed by atoms with Crippen molar-refractivity contribution in [1.82, 2.24) is 25.3 Å². The highest BCUT2D eigenvalue weighted by atomic mass is 16.2. The molecule has 1 atom stereocenters. The van der Waals surface area contributed by atoms with Crippen LogP contribution >= 0.6 is 0 Å². The van der Waals surface area contributed by atoms with Gasteiger partial charge in [-0.05, 0) is 68.6 Å². The van der Waals surface area contributed by atoms with E-state index in [9.17, 15) is 4.79 Å². The average Bonchev–Trinajstić information content (AvgIpc) is 2.92. The number of aromatic nitrogens is 4. The molecule has 178 valence electrons. The summed E-state index contributed by atoms with van der Waals surface area (Å²) in [6.45, 7) is 4.59. The molecule has 4 aromatic rings. The summed E-state index contributed by atoms with van der Waals surface area (Å²) in [5.74, 6) is 1.38. The molecule has 2 N–H and O–H groups in total. The monoisotopic (exact) mass is 467 g/mol. The number of nitrogens with one attached hydrogen (secondary N) is 2. The first kappa shape index (κ1) is 22.9. The third-order valence-corrected chi connectivity index (χ3v) is 6.42. The molecule has 1 saturated heterocycles. The predicted octanol–water partition coefficient (Wildman–Crippen LogP) is 4.24. The Bertz CT molecular complexity index is 1290. The second-order valence-electron chi connectivity index (χ2n) is 8.88. The van der Waals surface area contributed by atoms with Crippen LogP contribution in [0.25, 0.3) is 11.0 Å². The minimum atomic E-state index is -0.100. The Hall–Kier alpha value is -3.91. The summed E-state index contributed by atoms with van der Waals surface area (Å²) in [7, 11) is 0. The molecular weight excluding hydrogens is 438 g/mol. The number of benzene rings is 2. The van der Waals surface area contributed by atoms with Crippen molar-refractivity contribution in [2.45, 2.75) is 25.8 Å². The molecule has 2 aromatic carbocycles. The maximum atomic E-state index is 13.8. The van der Waals surface area contributed by atoms with E-state index in [-0.39, 0.29) is 11.9 Å². The summed E-state index contributed by atoms with van der Waals surface area (Å²) in [5.41, 5.74) is 3.17. The van der Waals surface area contributed by atoms with Crippen molar-refractivity contribution in [3.63, 3.8) is 0 Å².